The highest BCUT2D eigenvalue weighted by atomic mass is 16.5. The Morgan fingerprint density at radius 3 is 2.64 bits per heavy atom. The Kier molecular flexibility index (Phi) is 4.66. The molecule has 1 aliphatic heterocycles. The lowest BCUT2D eigenvalue weighted by molar-refractivity contribution is 0.0486. The molecule has 0 amide bonds. The van der Waals surface area contributed by atoms with Gasteiger partial charge >= 0.3 is 5.97 Å². The zero-order chi connectivity index (χ0) is 15.5. The van der Waals surface area contributed by atoms with Gasteiger partial charge in [-0.25, -0.2) is 4.79 Å². The number of nitrogens with zero attached hydrogens (tertiary/aromatic N) is 2. The Morgan fingerprint density at radius 1 is 1.32 bits per heavy atom. The molecule has 0 bridgehead atoms. The van der Waals surface area contributed by atoms with Gasteiger partial charge in [-0.2, -0.15) is 5.10 Å². The minimum Gasteiger partial charge on any atom is -0.492 e. The normalized spacial score (nSPS) is 19.2. The van der Waals surface area contributed by atoms with E-state index in [0.717, 1.165) is 51.1 Å². The van der Waals surface area contributed by atoms with E-state index in [1.807, 2.05) is 6.92 Å². The predicted octanol–water partition coefficient (Wildman–Crippen LogP) is 2.37. The van der Waals surface area contributed by atoms with Crippen LogP contribution in [0.4, 0.5) is 0 Å². The molecule has 2 aliphatic rings. The van der Waals surface area contributed by atoms with Crippen LogP contribution in [-0.4, -0.2) is 42.7 Å². The Morgan fingerprint density at radius 2 is 2.05 bits per heavy atom. The van der Waals surface area contributed by atoms with Crippen LogP contribution in [0.2, 0.25) is 0 Å². The maximum atomic E-state index is 12.4. The molecule has 122 valence electrons. The van der Waals surface area contributed by atoms with Gasteiger partial charge in [-0.05, 0) is 38.5 Å². The van der Waals surface area contributed by atoms with Gasteiger partial charge in [-0.15, -0.1) is 0 Å². The summed E-state index contributed by atoms with van der Waals surface area (Å²) in [7, 11) is 1.60. The molecule has 1 aromatic heterocycles. The minimum absolute atomic E-state index is 0.342. The fourth-order valence-electron chi connectivity index (χ4n) is 2.99. The van der Waals surface area contributed by atoms with E-state index in [-0.39, 0.29) is 5.97 Å². The second-order valence-electron chi connectivity index (χ2n) is 6.00. The van der Waals surface area contributed by atoms with Crippen LogP contribution in [-0.2, 0) is 16.0 Å². The first-order chi connectivity index (χ1) is 10.7. The van der Waals surface area contributed by atoms with Gasteiger partial charge in [0.15, 0.2) is 11.4 Å². The van der Waals surface area contributed by atoms with Crippen molar-refractivity contribution in [2.45, 2.75) is 45.1 Å². The smallest absolute Gasteiger partial charge is 0.360 e. The predicted molar refractivity (Wildman–Crippen MR) is 80.3 cm³/mol. The minimum atomic E-state index is -0.342. The standard InChI is InChI=1S/C16H24N2O4/c1-3-22-16(19)14-15(20-2)13(12-4-5-12)17-18(14)10-11-6-8-21-9-7-11/h11-12H,3-10H2,1-2H3. The summed E-state index contributed by atoms with van der Waals surface area (Å²) in [5.74, 6) is 1.18. The summed E-state index contributed by atoms with van der Waals surface area (Å²) in [5, 5.41) is 4.69. The number of esters is 1. The van der Waals surface area contributed by atoms with Crippen molar-refractivity contribution in [1.29, 1.82) is 0 Å². The van der Waals surface area contributed by atoms with Gasteiger partial charge in [0.25, 0.3) is 0 Å². The summed E-state index contributed by atoms with van der Waals surface area (Å²) in [6.45, 7) is 4.45. The van der Waals surface area contributed by atoms with Crippen LogP contribution in [0.5, 0.6) is 5.75 Å². The lowest BCUT2D eigenvalue weighted by Gasteiger charge is -2.22. The molecule has 22 heavy (non-hydrogen) atoms. The number of carbonyl (C=O) groups is 1. The Labute approximate surface area is 130 Å². The summed E-state index contributed by atoms with van der Waals surface area (Å²) >= 11 is 0. The van der Waals surface area contributed by atoms with Crippen molar-refractivity contribution in [2.75, 3.05) is 26.9 Å². The molecule has 2 heterocycles. The van der Waals surface area contributed by atoms with Crippen LogP contribution in [0.3, 0.4) is 0 Å². The maximum absolute atomic E-state index is 12.4. The van der Waals surface area contributed by atoms with E-state index in [0.29, 0.717) is 29.9 Å². The number of hydrogen-bond acceptors (Lipinski definition) is 5. The molecule has 1 saturated carbocycles. The zero-order valence-electron chi connectivity index (χ0n) is 13.3. The van der Waals surface area contributed by atoms with E-state index in [1.54, 1.807) is 11.8 Å². The van der Waals surface area contributed by atoms with E-state index < -0.39 is 0 Å². The first kappa shape index (κ1) is 15.3. The molecule has 6 heteroatoms. The van der Waals surface area contributed by atoms with E-state index in [9.17, 15) is 4.79 Å². The van der Waals surface area contributed by atoms with Crippen LogP contribution < -0.4 is 4.74 Å². The molecule has 0 spiro atoms. The fourth-order valence-corrected chi connectivity index (χ4v) is 2.99. The van der Waals surface area contributed by atoms with Crippen molar-refractivity contribution >= 4 is 5.97 Å². The molecule has 6 nitrogen and oxygen atoms in total. The van der Waals surface area contributed by atoms with Gasteiger partial charge in [0.05, 0.1) is 13.7 Å². The third-order valence-corrected chi connectivity index (χ3v) is 4.34. The molecule has 1 saturated heterocycles. The first-order valence-corrected chi connectivity index (χ1v) is 8.14. The summed E-state index contributed by atoms with van der Waals surface area (Å²) in [6.07, 6.45) is 4.24. The Balaban J connectivity index is 1.89. The summed E-state index contributed by atoms with van der Waals surface area (Å²) in [5.41, 5.74) is 1.38. The maximum Gasteiger partial charge on any atom is 0.360 e. The lowest BCUT2D eigenvalue weighted by atomic mass is 10.0. The Bertz CT molecular complexity index is 530. The van der Waals surface area contributed by atoms with Crippen LogP contribution in [0, 0.1) is 5.92 Å². The number of carbonyl (C=O) groups excluding carboxylic acids is 1. The first-order valence-electron chi connectivity index (χ1n) is 8.14. The van der Waals surface area contributed by atoms with Crippen LogP contribution >= 0.6 is 0 Å². The third kappa shape index (κ3) is 3.11. The van der Waals surface area contributed by atoms with E-state index in [2.05, 4.69) is 0 Å². The molecule has 0 N–H and O–H groups in total. The highest BCUT2D eigenvalue weighted by molar-refractivity contribution is 5.91. The molecular formula is C16H24N2O4. The molecule has 2 fully saturated rings. The number of hydrogen-bond donors (Lipinski definition) is 0. The SMILES string of the molecule is CCOC(=O)c1c(OC)c(C2CC2)nn1CC1CCOCC1. The van der Waals surface area contributed by atoms with Gasteiger partial charge in [-0.3, -0.25) is 4.68 Å². The van der Waals surface area contributed by atoms with Crippen molar-refractivity contribution in [3.8, 4) is 5.75 Å². The summed E-state index contributed by atoms with van der Waals surface area (Å²) < 4.78 is 17.9. The van der Waals surface area contributed by atoms with Crippen LogP contribution in [0.25, 0.3) is 0 Å². The van der Waals surface area contributed by atoms with Crippen molar-refractivity contribution in [1.82, 2.24) is 9.78 Å². The number of aromatic nitrogens is 2. The highest BCUT2D eigenvalue weighted by Gasteiger charge is 2.35. The molecule has 0 aromatic carbocycles. The monoisotopic (exact) mass is 308 g/mol. The van der Waals surface area contributed by atoms with Gasteiger partial charge < -0.3 is 14.2 Å². The molecule has 3 rings (SSSR count). The van der Waals surface area contributed by atoms with Gasteiger partial charge in [0, 0.05) is 25.7 Å². The quantitative estimate of drug-likeness (QED) is 0.755. The Hall–Kier alpha value is -1.56. The second-order valence-corrected chi connectivity index (χ2v) is 6.00. The molecule has 0 unspecified atom stereocenters. The van der Waals surface area contributed by atoms with Crippen LogP contribution in [0.15, 0.2) is 0 Å². The molecule has 1 aliphatic carbocycles. The molecule has 0 atom stereocenters. The van der Waals surface area contributed by atoms with Crippen molar-refractivity contribution in [3.05, 3.63) is 11.4 Å². The molecule has 1 aromatic rings. The topological polar surface area (TPSA) is 62.6 Å². The van der Waals surface area contributed by atoms with E-state index in [4.69, 9.17) is 19.3 Å². The van der Waals surface area contributed by atoms with Gasteiger partial charge in [-0.1, -0.05) is 0 Å². The fraction of sp³-hybridized carbons (Fsp3) is 0.750. The third-order valence-electron chi connectivity index (χ3n) is 4.34. The van der Waals surface area contributed by atoms with Crippen molar-refractivity contribution in [3.63, 3.8) is 0 Å². The average molecular weight is 308 g/mol. The largest absolute Gasteiger partial charge is 0.492 e. The summed E-state index contributed by atoms with van der Waals surface area (Å²) in [6, 6.07) is 0. The number of ether oxygens (including phenoxy) is 3. The van der Waals surface area contributed by atoms with E-state index >= 15 is 0 Å². The average Bonchev–Trinajstić information content (AvgIpc) is 3.30. The van der Waals surface area contributed by atoms with E-state index in [1.165, 1.54) is 0 Å². The summed E-state index contributed by atoms with van der Waals surface area (Å²) in [4.78, 5) is 12.4. The zero-order valence-corrected chi connectivity index (χ0v) is 13.3. The van der Waals surface area contributed by atoms with Gasteiger partial charge in [0.2, 0.25) is 0 Å². The second kappa shape index (κ2) is 6.69. The van der Waals surface area contributed by atoms with Crippen molar-refractivity contribution < 1.29 is 19.0 Å². The highest BCUT2D eigenvalue weighted by Crippen LogP contribution is 2.45. The number of rotatable bonds is 6. The van der Waals surface area contributed by atoms with Crippen LogP contribution in [0.1, 0.15) is 54.7 Å². The number of methoxy groups -OCH3 is 1. The van der Waals surface area contributed by atoms with Gasteiger partial charge in [0.1, 0.15) is 5.69 Å². The lowest BCUT2D eigenvalue weighted by Crippen LogP contribution is -2.23. The molecule has 0 radical (unpaired) electrons. The van der Waals surface area contributed by atoms with Crippen molar-refractivity contribution in [2.24, 2.45) is 5.92 Å². The molecular weight excluding hydrogens is 284 g/mol.